The summed E-state index contributed by atoms with van der Waals surface area (Å²) in [5, 5.41) is 10.5. The first-order valence-corrected chi connectivity index (χ1v) is 9.16. The molecule has 0 heterocycles. The van der Waals surface area contributed by atoms with Crippen molar-refractivity contribution in [2.24, 2.45) is 17.8 Å². The Balaban J connectivity index is 2.11. The van der Waals surface area contributed by atoms with Crippen LogP contribution >= 0.6 is 0 Å². The molecule has 0 aromatic heterocycles. The van der Waals surface area contributed by atoms with Gasteiger partial charge in [-0.25, -0.2) is 8.42 Å². The van der Waals surface area contributed by atoms with Crippen LogP contribution in [-0.2, 0) is 9.84 Å². The molecular weight excluding hydrogens is 272 g/mol. The van der Waals surface area contributed by atoms with Gasteiger partial charge in [0.25, 0.3) is 0 Å². The maximum absolute atomic E-state index is 11.4. The van der Waals surface area contributed by atoms with E-state index in [-0.39, 0.29) is 5.92 Å². The fraction of sp³-hybridized carbons (Fsp3) is 0.625. The minimum Gasteiger partial charge on any atom is -0.388 e. The largest absolute Gasteiger partial charge is 0.388 e. The first-order chi connectivity index (χ1) is 9.29. The van der Waals surface area contributed by atoms with Crippen LogP contribution in [0.4, 0.5) is 0 Å². The van der Waals surface area contributed by atoms with Crippen molar-refractivity contribution in [3.63, 3.8) is 0 Å². The summed E-state index contributed by atoms with van der Waals surface area (Å²) in [4.78, 5) is 0.305. The molecule has 0 amide bonds. The van der Waals surface area contributed by atoms with Gasteiger partial charge in [0.1, 0.15) is 0 Å². The van der Waals surface area contributed by atoms with Crippen LogP contribution in [0.15, 0.2) is 29.2 Å². The molecule has 0 aliphatic heterocycles. The monoisotopic (exact) mass is 296 g/mol. The maximum Gasteiger partial charge on any atom is 0.175 e. The first kappa shape index (κ1) is 15.5. The molecule has 4 atom stereocenters. The van der Waals surface area contributed by atoms with Gasteiger partial charge >= 0.3 is 0 Å². The van der Waals surface area contributed by atoms with E-state index in [1.165, 1.54) is 6.26 Å². The van der Waals surface area contributed by atoms with Gasteiger partial charge < -0.3 is 5.11 Å². The molecule has 20 heavy (non-hydrogen) atoms. The SMILES string of the molecule is CC1CCC(C(O)c2ccc(S(C)(=O)=O)cc2)CC1C. The third kappa shape index (κ3) is 3.41. The van der Waals surface area contributed by atoms with Crippen molar-refractivity contribution < 1.29 is 13.5 Å². The normalized spacial score (nSPS) is 29.1. The molecule has 4 unspecified atom stereocenters. The number of sulfone groups is 1. The Hall–Kier alpha value is -0.870. The van der Waals surface area contributed by atoms with Crippen LogP contribution in [0.1, 0.15) is 44.8 Å². The molecule has 4 heteroatoms. The Bertz CT molecular complexity index is 548. The topological polar surface area (TPSA) is 54.4 Å². The second-order valence-corrected chi connectivity index (χ2v) is 8.33. The van der Waals surface area contributed by atoms with Crippen molar-refractivity contribution in [2.75, 3.05) is 6.26 Å². The summed E-state index contributed by atoms with van der Waals surface area (Å²) in [6, 6.07) is 6.65. The number of benzene rings is 1. The van der Waals surface area contributed by atoms with Gasteiger partial charge in [0.15, 0.2) is 9.84 Å². The van der Waals surface area contributed by atoms with Gasteiger partial charge in [-0.3, -0.25) is 0 Å². The summed E-state index contributed by atoms with van der Waals surface area (Å²) in [7, 11) is -3.17. The summed E-state index contributed by atoms with van der Waals surface area (Å²) < 4.78 is 22.9. The average molecular weight is 296 g/mol. The molecule has 1 aliphatic rings. The molecule has 1 aromatic carbocycles. The van der Waals surface area contributed by atoms with E-state index in [4.69, 9.17) is 0 Å². The Morgan fingerprint density at radius 2 is 1.70 bits per heavy atom. The van der Waals surface area contributed by atoms with Crippen LogP contribution in [0.5, 0.6) is 0 Å². The van der Waals surface area contributed by atoms with Gasteiger partial charge in [0.05, 0.1) is 11.0 Å². The minimum absolute atomic E-state index is 0.283. The van der Waals surface area contributed by atoms with E-state index in [1.807, 2.05) is 0 Å². The molecule has 2 rings (SSSR count). The second kappa shape index (κ2) is 5.86. The molecule has 3 nitrogen and oxygen atoms in total. The van der Waals surface area contributed by atoms with Crippen LogP contribution in [-0.4, -0.2) is 19.8 Å². The van der Waals surface area contributed by atoms with Crippen LogP contribution in [0, 0.1) is 17.8 Å². The Labute approximate surface area is 121 Å². The zero-order chi connectivity index (χ0) is 14.9. The second-order valence-electron chi connectivity index (χ2n) is 6.31. The van der Waals surface area contributed by atoms with Gasteiger partial charge in [-0.05, 0) is 48.3 Å². The van der Waals surface area contributed by atoms with E-state index in [1.54, 1.807) is 24.3 Å². The highest BCUT2D eigenvalue weighted by atomic mass is 32.2. The molecule has 0 radical (unpaired) electrons. The smallest absolute Gasteiger partial charge is 0.175 e. The summed E-state index contributed by atoms with van der Waals surface area (Å²) in [6.07, 6.45) is 3.95. The van der Waals surface area contributed by atoms with Crippen molar-refractivity contribution >= 4 is 9.84 Å². The summed E-state index contributed by atoms with van der Waals surface area (Å²) in [5.74, 6) is 1.65. The third-order valence-corrected chi connectivity index (χ3v) is 5.86. The lowest BCUT2D eigenvalue weighted by Gasteiger charge is -2.34. The maximum atomic E-state index is 11.4. The summed E-state index contributed by atoms with van der Waals surface area (Å²) >= 11 is 0. The molecule has 0 spiro atoms. The van der Waals surface area contributed by atoms with Crippen LogP contribution in [0.25, 0.3) is 0 Å². The lowest BCUT2D eigenvalue weighted by atomic mass is 9.73. The van der Waals surface area contributed by atoms with Crippen molar-refractivity contribution in [1.82, 2.24) is 0 Å². The van der Waals surface area contributed by atoms with Crippen LogP contribution in [0.2, 0.25) is 0 Å². The summed E-state index contributed by atoms with van der Waals surface area (Å²) in [6.45, 7) is 4.52. The molecule has 1 saturated carbocycles. The predicted octanol–water partition coefficient (Wildman–Crippen LogP) is 3.20. The van der Waals surface area contributed by atoms with Crippen molar-refractivity contribution in [2.45, 2.75) is 44.1 Å². The molecular formula is C16H24O3S. The van der Waals surface area contributed by atoms with Gasteiger partial charge in [0, 0.05) is 6.26 Å². The van der Waals surface area contributed by atoms with E-state index in [9.17, 15) is 13.5 Å². The number of aliphatic hydroxyl groups excluding tert-OH is 1. The minimum atomic E-state index is -3.17. The van der Waals surface area contributed by atoms with Crippen LogP contribution < -0.4 is 0 Å². The fourth-order valence-corrected chi connectivity index (χ4v) is 3.69. The zero-order valence-electron chi connectivity index (χ0n) is 12.4. The highest BCUT2D eigenvalue weighted by molar-refractivity contribution is 7.90. The standard InChI is InChI=1S/C16H24O3S/c1-11-4-5-14(10-12(11)2)16(17)13-6-8-15(9-7-13)20(3,18)19/h6-9,11-12,14,16-17H,4-5,10H2,1-3H3. The number of rotatable bonds is 3. The quantitative estimate of drug-likeness (QED) is 0.932. The fourth-order valence-electron chi connectivity index (χ4n) is 3.06. The molecule has 112 valence electrons. The zero-order valence-corrected chi connectivity index (χ0v) is 13.2. The number of hydrogen-bond acceptors (Lipinski definition) is 3. The first-order valence-electron chi connectivity index (χ1n) is 7.27. The van der Waals surface area contributed by atoms with E-state index >= 15 is 0 Å². The molecule has 1 N–H and O–H groups in total. The van der Waals surface area contributed by atoms with Gasteiger partial charge in [-0.1, -0.05) is 32.4 Å². The predicted molar refractivity (Wildman–Crippen MR) is 80.2 cm³/mol. The summed E-state index contributed by atoms with van der Waals surface area (Å²) in [5.41, 5.74) is 0.823. The number of hydrogen-bond donors (Lipinski definition) is 1. The Morgan fingerprint density at radius 1 is 1.10 bits per heavy atom. The lowest BCUT2D eigenvalue weighted by Crippen LogP contribution is -2.25. The Morgan fingerprint density at radius 3 is 2.20 bits per heavy atom. The van der Waals surface area contributed by atoms with Gasteiger partial charge in [-0.15, -0.1) is 0 Å². The van der Waals surface area contributed by atoms with Crippen molar-refractivity contribution in [3.8, 4) is 0 Å². The van der Waals surface area contributed by atoms with Crippen molar-refractivity contribution in [1.29, 1.82) is 0 Å². The van der Waals surface area contributed by atoms with E-state index in [0.29, 0.717) is 10.8 Å². The van der Waals surface area contributed by atoms with Crippen molar-refractivity contribution in [3.05, 3.63) is 29.8 Å². The highest BCUT2D eigenvalue weighted by Crippen LogP contribution is 2.39. The molecule has 0 bridgehead atoms. The highest BCUT2D eigenvalue weighted by Gasteiger charge is 2.29. The number of aliphatic hydroxyl groups is 1. The third-order valence-electron chi connectivity index (χ3n) is 4.74. The molecule has 1 fully saturated rings. The van der Waals surface area contributed by atoms with E-state index < -0.39 is 15.9 Å². The Kier molecular flexibility index (Phi) is 4.55. The average Bonchev–Trinajstić information content (AvgIpc) is 2.40. The van der Waals surface area contributed by atoms with Gasteiger partial charge in [0.2, 0.25) is 0 Å². The van der Waals surface area contributed by atoms with E-state index in [0.717, 1.165) is 30.7 Å². The molecule has 0 saturated heterocycles. The van der Waals surface area contributed by atoms with Crippen LogP contribution in [0.3, 0.4) is 0 Å². The van der Waals surface area contributed by atoms with Gasteiger partial charge in [-0.2, -0.15) is 0 Å². The molecule has 1 aliphatic carbocycles. The molecule has 1 aromatic rings. The lowest BCUT2D eigenvalue weighted by molar-refractivity contribution is 0.0561. The van der Waals surface area contributed by atoms with E-state index in [2.05, 4.69) is 13.8 Å².